The van der Waals surface area contributed by atoms with Crippen molar-refractivity contribution in [1.29, 1.82) is 0 Å². The first kappa shape index (κ1) is 11.5. The van der Waals surface area contributed by atoms with Gasteiger partial charge in [-0.15, -0.1) is 0 Å². The predicted molar refractivity (Wildman–Crippen MR) is 70.7 cm³/mol. The van der Waals surface area contributed by atoms with Gasteiger partial charge in [-0.3, -0.25) is 4.68 Å². The molecule has 5 nitrogen and oxygen atoms in total. The summed E-state index contributed by atoms with van der Waals surface area (Å²) in [5.74, 6) is 0.686. The van der Waals surface area contributed by atoms with E-state index in [4.69, 9.17) is 18.0 Å². The van der Waals surface area contributed by atoms with Crippen LogP contribution in [0.2, 0.25) is 0 Å². The number of aryl methyl sites for hydroxylation is 1. The van der Waals surface area contributed by atoms with Gasteiger partial charge in [-0.2, -0.15) is 5.10 Å². The molecule has 0 aromatic carbocycles. The van der Waals surface area contributed by atoms with Crippen molar-refractivity contribution in [3.05, 3.63) is 41.9 Å². The maximum Gasteiger partial charge on any atom is 0.136 e. The van der Waals surface area contributed by atoms with Gasteiger partial charge in [0.25, 0.3) is 0 Å². The SMILES string of the molecule is Cn1ccc(CNc2ncccc2C(N)=S)n1. The molecule has 0 bridgehead atoms. The molecule has 0 atom stereocenters. The Balaban J connectivity index is 2.11. The first-order valence-electron chi connectivity index (χ1n) is 5.14. The Morgan fingerprint density at radius 3 is 3.00 bits per heavy atom. The third-order valence-electron chi connectivity index (χ3n) is 2.28. The molecule has 2 heterocycles. The van der Waals surface area contributed by atoms with Gasteiger partial charge in [-0.05, 0) is 18.2 Å². The molecule has 0 radical (unpaired) electrons. The highest BCUT2D eigenvalue weighted by atomic mass is 32.1. The van der Waals surface area contributed by atoms with Gasteiger partial charge in [0.05, 0.1) is 17.8 Å². The minimum Gasteiger partial charge on any atom is -0.389 e. The molecule has 2 aromatic heterocycles. The molecule has 0 aliphatic carbocycles. The monoisotopic (exact) mass is 247 g/mol. The van der Waals surface area contributed by atoms with Gasteiger partial charge in [0.15, 0.2) is 0 Å². The molecule has 2 aromatic rings. The lowest BCUT2D eigenvalue weighted by Crippen LogP contribution is -2.14. The van der Waals surface area contributed by atoms with E-state index in [1.807, 2.05) is 25.4 Å². The topological polar surface area (TPSA) is 68.8 Å². The Bertz CT molecular complexity index is 534. The number of hydrogen-bond donors (Lipinski definition) is 2. The van der Waals surface area contributed by atoms with Crippen LogP contribution in [-0.4, -0.2) is 19.8 Å². The quantitative estimate of drug-likeness (QED) is 0.791. The van der Waals surface area contributed by atoms with Crippen molar-refractivity contribution in [3.8, 4) is 0 Å². The van der Waals surface area contributed by atoms with Crippen LogP contribution in [0.4, 0.5) is 5.82 Å². The normalized spacial score (nSPS) is 10.2. The Labute approximate surface area is 105 Å². The van der Waals surface area contributed by atoms with Crippen molar-refractivity contribution in [2.75, 3.05) is 5.32 Å². The van der Waals surface area contributed by atoms with E-state index in [0.717, 1.165) is 11.3 Å². The second-order valence-corrected chi connectivity index (χ2v) is 4.04. The van der Waals surface area contributed by atoms with Crippen molar-refractivity contribution in [2.24, 2.45) is 12.8 Å². The molecular weight excluding hydrogens is 234 g/mol. The van der Waals surface area contributed by atoms with E-state index in [9.17, 15) is 0 Å². The van der Waals surface area contributed by atoms with Crippen LogP contribution in [0.25, 0.3) is 0 Å². The third kappa shape index (κ3) is 2.79. The van der Waals surface area contributed by atoms with Gasteiger partial charge < -0.3 is 11.1 Å². The zero-order valence-electron chi connectivity index (χ0n) is 9.42. The molecule has 3 N–H and O–H groups in total. The smallest absolute Gasteiger partial charge is 0.136 e. The Morgan fingerprint density at radius 1 is 1.53 bits per heavy atom. The summed E-state index contributed by atoms with van der Waals surface area (Å²) in [5.41, 5.74) is 7.30. The molecular formula is C11H13N5S. The van der Waals surface area contributed by atoms with Crippen molar-refractivity contribution in [3.63, 3.8) is 0 Å². The van der Waals surface area contributed by atoms with E-state index in [-0.39, 0.29) is 0 Å². The zero-order valence-corrected chi connectivity index (χ0v) is 10.2. The summed E-state index contributed by atoms with van der Waals surface area (Å²) in [6.07, 6.45) is 3.59. The summed E-state index contributed by atoms with van der Waals surface area (Å²) in [6, 6.07) is 5.59. The van der Waals surface area contributed by atoms with Crippen LogP contribution < -0.4 is 11.1 Å². The lowest BCUT2D eigenvalue weighted by atomic mass is 10.2. The van der Waals surface area contributed by atoms with Crippen LogP contribution >= 0.6 is 12.2 Å². The van der Waals surface area contributed by atoms with Crippen LogP contribution in [-0.2, 0) is 13.6 Å². The average molecular weight is 247 g/mol. The van der Waals surface area contributed by atoms with Crippen LogP contribution in [0.5, 0.6) is 0 Å². The standard InChI is InChI=1S/C11H13N5S/c1-16-6-4-8(15-16)7-14-11-9(10(12)17)3-2-5-13-11/h2-6H,7H2,1H3,(H2,12,17)(H,13,14). The molecule has 0 saturated carbocycles. The minimum absolute atomic E-state index is 0.335. The number of aromatic nitrogens is 3. The average Bonchev–Trinajstić information content (AvgIpc) is 2.73. The summed E-state index contributed by atoms with van der Waals surface area (Å²) in [5, 5.41) is 7.43. The fraction of sp³-hybridized carbons (Fsp3) is 0.182. The number of nitrogens with one attached hydrogen (secondary N) is 1. The molecule has 0 aliphatic rings. The highest BCUT2D eigenvalue weighted by Gasteiger charge is 2.05. The Hall–Kier alpha value is -1.95. The first-order chi connectivity index (χ1) is 8.16. The van der Waals surface area contributed by atoms with Crippen molar-refractivity contribution < 1.29 is 0 Å². The van der Waals surface area contributed by atoms with E-state index in [1.165, 1.54) is 0 Å². The molecule has 0 spiro atoms. The van der Waals surface area contributed by atoms with E-state index in [0.29, 0.717) is 17.4 Å². The molecule has 6 heteroatoms. The van der Waals surface area contributed by atoms with Gasteiger partial charge in [0.2, 0.25) is 0 Å². The highest BCUT2D eigenvalue weighted by molar-refractivity contribution is 7.80. The van der Waals surface area contributed by atoms with Crippen molar-refractivity contribution in [1.82, 2.24) is 14.8 Å². The molecule has 2 rings (SSSR count). The largest absolute Gasteiger partial charge is 0.389 e. The molecule has 0 saturated heterocycles. The van der Waals surface area contributed by atoms with Gasteiger partial charge in [0, 0.05) is 19.4 Å². The second kappa shape index (κ2) is 4.92. The van der Waals surface area contributed by atoms with Crippen LogP contribution in [0.15, 0.2) is 30.6 Å². The Morgan fingerprint density at radius 2 is 2.35 bits per heavy atom. The summed E-state index contributed by atoms with van der Waals surface area (Å²) >= 11 is 4.96. The van der Waals surface area contributed by atoms with Crippen molar-refractivity contribution >= 4 is 23.0 Å². The van der Waals surface area contributed by atoms with Gasteiger partial charge in [0.1, 0.15) is 10.8 Å². The maximum atomic E-state index is 5.62. The predicted octanol–water partition coefficient (Wildman–Crippen LogP) is 1.06. The summed E-state index contributed by atoms with van der Waals surface area (Å²) in [4.78, 5) is 4.54. The lowest BCUT2D eigenvalue weighted by molar-refractivity contribution is 0.747. The summed E-state index contributed by atoms with van der Waals surface area (Å²) in [7, 11) is 1.88. The highest BCUT2D eigenvalue weighted by Crippen LogP contribution is 2.12. The fourth-order valence-corrected chi connectivity index (χ4v) is 1.64. The van der Waals surface area contributed by atoms with E-state index >= 15 is 0 Å². The summed E-state index contributed by atoms with van der Waals surface area (Å²) < 4.78 is 1.75. The van der Waals surface area contributed by atoms with E-state index in [1.54, 1.807) is 16.9 Å². The second-order valence-electron chi connectivity index (χ2n) is 3.60. The maximum absolute atomic E-state index is 5.62. The number of hydrogen-bond acceptors (Lipinski definition) is 4. The molecule has 0 fully saturated rings. The fourth-order valence-electron chi connectivity index (χ4n) is 1.48. The van der Waals surface area contributed by atoms with E-state index < -0.39 is 0 Å². The minimum atomic E-state index is 0.335. The zero-order chi connectivity index (χ0) is 12.3. The van der Waals surface area contributed by atoms with E-state index in [2.05, 4.69) is 15.4 Å². The number of nitrogens with two attached hydrogens (primary N) is 1. The van der Waals surface area contributed by atoms with Gasteiger partial charge >= 0.3 is 0 Å². The number of anilines is 1. The van der Waals surface area contributed by atoms with Gasteiger partial charge in [-0.25, -0.2) is 4.98 Å². The third-order valence-corrected chi connectivity index (χ3v) is 2.50. The number of rotatable bonds is 4. The summed E-state index contributed by atoms with van der Waals surface area (Å²) in [6.45, 7) is 0.591. The van der Waals surface area contributed by atoms with Crippen LogP contribution in [0, 0.1) is 0 Å². The molecule has 0 aliphatic heterocycles. The lowest BCUT2D eigenvalue weighted by Gasteiger charge is -2.08. The number of thiocarbonyl (C=S) groups is 1. The molecule has 88 valence electrons. The number of nitrogens with zero attached hydrogens (tertiary/aromatic N) is 3. The van der Waals surface area contributed by atoms with Crippen LogP contribution in [0.1, 0.15) is 11.3 Å². The molecule has 0 amide bonds. The first-order valence-corrected chi connectivity index (χ1v) is 5.55. The molecule has 0 unspecified atom stereocenters. The Kier molecular flexibility index (Phi) is 3.34. The molecule has 17 heavy (non-hydrogen) atoms. The van der Waals surface area contributed by atoms with Crippen LogP contribution in [0.3, 0.4) is 0 Å². The van der Waals surface area contributed by atoms with Gasteiger partial charge in [-0.1, -0.05) is 12.2 Å². The number of pyridine rings is 1. The van der Waals surface area contributed by atoms with Crippen molar-refractivity contribution in [2.45, 2.75) is 6.54 Å².